The van der Waals surface area contributed by atoms with E-state index in [1.807, 2.05) is 35.6 Å². The Balaban J connectivity index is 1.70. The Bertz CT molecular complexity index is 1410. The zero-order valence-corrected chi connectivity index (χ0v) is 18.6. The number of benzene rings is 1. The average molecular weight is 455 g/mol. The highest BCUT2D eigenvalue weighted by atomic mass is 35.5. The Morgan fingerprint density at radius 2 is 2.09 bits per heavy atom. The van der Waals surface area contributed by atoms with E-state index in [0.717, 1.165) is 10.9 Å². The van der Waals surface area contributed by atoms with Crippen molar-refractivity contribution in [1.29, 1.82) is 0 Å². The number of H-pyrrole nitrogens is 1. The van der Waals surface area contributed by atoms with Gasteiger partial charge < -0.3 is 15.1 Å². The second kappa shape index (κ2) is 7.67. The van der Waals surface area contributed by atoms with Crippen molar-refractivity contribution in [3.05, 3.63) is 39.1 Å². The van der Waals surface area contributed by atoms with Crippen molar-refractivity contribution in [2.45, 2.75) is 39.2 Å². The number of likely N-dealkylation sites (tertiary alicyclic amines) is 1. The van der Waals surface area contributed by atoms with Crippen LogP contribution in [-0.4, -0.2) is 43.9 Å². The number of nitrogens with zero attached hydrogens (tertiary/aromatic N) is 4. The van der Waals surface area contributed by atoms with Crippen LogP contribution in [0, 0.1) is 6.92 Å². The van der Waals surface area contributed by atoms with Crippen molar-refractivity contribution in [2.24, 2.45) is 0 Å². The van der Waals surface area contributed by atoms with Crippen LogP contribution in [0.1, 0.15) is 37.8 Å². The number of anilines is 1. The zero-order chi connectivity index (χ0) is 22.6. The zero-order valence-electron chi connectivity index (χ0n) is 17.8. The summed E-state index contributed by atoms with van der Waals surface area (Å²) < 4.78 is 8.06. The van der Waals surface area contributed by atoms with Gasteiger partial charge in [0.2, 0.25) is 5.91 Å². The summed E-state index contributed by atoms with van der Waals surface area (Å²) in [4.78, 5) is 26.5. The Kier molecular flexibility index (Phi) is 4.93. The number of carbonyl (C=O) groups excluding carboxylic acids is 1. The first-order valence-electron chi connectivity index (χ1n) is 10.6. The van der Waals surface area contributed by atoms with Crippen molar-refractivity contribution in [2.75, 3.05) is 18.8 Å². The lowest BCUT2D eigenvalue weighted by Gasteiger charge is -2.32. The number of fused-ring (bicyclic) bond motifs is 2. The number of nitrogens with two attached hydrogens (primary N) is 1. The van der Waals surface area contributed by atoms with Gasteiger partial charge in [-0.2, -0.15) is 10.2 Å². The molecule has 0 aliphatic carbocycles. The van der Waals surface area contributed by atoms with Gasteiger partial charge in [-0.25, -0.2) is 5.10 Å². The number of piperidine rings is 1. The highest BCUT2D eigenvalue weighted by Crippen LogP contribution is 2.40. The lowest BCUT2D eigenvalue weighted by Crippen LogP contribution is -2.39. The molecular formula is C22H23ClN6O3. The molecule has 3 N–H and O–H groups in total. The SMILES string of the molecule is CCC(=O)N1CCC(n2nc3c(=O)[nH]nc(N)c3c2-c2oc3ccc(Cl)cc3c2C)CC1. The van der Waals surface area contributed by atoms with Crippen LogP contribution in [0.5, 0.6) is 0 Å². The van der Waals surface area contributed by atoms with E-state index in [-0.39, 0.29) is 23.3 Å². The Morgan fingerprint density at radius 1 is 1.34 bits per heavy atom. The van der Waals surface area contributed by atoms with Crippen LogP contribution in [0.15, 0.2) is 27.4 Å². The Morgan fingerprint density at radius 3 is 2.81 bits per heavy atom. The number of halogens is 1. The average Bonchev–Trinajstić information content (AvgIpc) is 3.35. The summed E-state index contributed by atoms with van der Waals surface area (Å²) in [6, 6.07) is 5.42. The molecule has 166 valence electrons. The van der Waals surface area contributed by atoms with Crippen LogP contribution in [0.2, 0.25) is 5.02 Å². The molecule has 1 aliphatic rings. The first-order valence-corrected chi connectivity index (χ1v) is 11.0. The molecule has 0 radical (unpaired) electrons. The van der Waals surface area contributed by atoms with E-state index in [4.69, 9.17) is 21.8 Å². The number of aromatic nitrogens is 4. The molecule has 0 bridgehead atoms. The molecule has 4 aromatic rings. The van der Waals surface area contributed by atoms with Crippen molar-refractivity contribution in [3.8, 4) is 11.5 Å². The summed E-state index contributed by atoms with van der Waals surface area (Å²) in [6.07, 6.45) is 1.91. The molecule has 5 rings (SSSR count). The van der Waals surface area contributed by atoms with Gasteiger partial charge in [-0.3, -0.25) is 14.3 Å². The van der Waals surface area contributed by atoms with E-state index in [9.17, 15) is 9.59 Å². The number of rotatable bonds is 3. The smallest absolute Gasteiger partial charge is 0.292 e. The second-order valence-corrected chi connectivity index (χ2v) is 8.55. The highest BCUT2D eigenvalue weighted by Gasteiger charge is 2.30. The fourth-order valence-corrected chi connectivity index (χ4v) is 4.71. The number of aryl methyl sites for hydroxylation is 1. The fraction of sp³-hybridized carbons (Fsp3) is 0.364. The van der Waals surface area contributed by atoms with E-state index in [1.165, 1.54) is 0 Å². The molecular weight excluding hydrogens is 432 g/mol. The minimum Gasteiger partial charge on any atom is -0.454 e. The van der Waals surface area contributed by atoms with E-state index in [0.29, 0.717) is 59.8 Å². The summed E-state index contributed by atoms with van der Waals surface area (Å²) in [6.45, 7) is 5.07. The van der Waals surface area contributed by atoms with Gasteiger partial charge in [0, 0.05) is 35.5 Å². The third kappa shape index (κ3) is 3.15. The Labute approximate surface area is 188 Å². The van der Waals surface area contributed by atoms with Gasteiger partial charge in [0.15, 0.2) is 17.1 Å². The summed E-state index contributed by atoms with van der Waals surface area (Å²) in [5, 5.41) is 13.0. The predicted molar refractivity (Wildman–Crippen MR) is 123 cm³/mol. The predicted octanol–water partition coefficient (Wildman–Crippen LogP) is 3.65. The maximum Gasteiger partial charge on any atom is 0.292 e. The molecule has 0 atom stereocenters. The molecule has 0 saturated carbocycles. The molecule has 1 aliphatic heterocycles. The second-order valence-electron chi connectivity index (χ2n) is 8.12. The van der Waals surface area contributed by atoms with E-state index >= 15 is 0 Å². The largest absolute Gasteiger partial charge is 0.454 e. The fourth-order valence-electron chi connectivity index (χ4n) is 4.54. The molecule has 0 unspecified atom stereocenters. The minimum absolute atomic E-state index is 0.0201. The summed E-state index contributed by atoms with van der Waals surface area (Å²) in [5.41, 5.74) is 8.20. The van der Waals surface area contributed by atoms with Gasteiger partial charge >= 0.3 is 0 Å². The minimum atomic E-state index is -0.412. The number of hydrogen-bond donors (Lipinski definition) is 2. The molecule has 10 heteroatoms. The number of furan rings is 1. The van der Waals surface area contributed by atoms with E-state index < -0.39 is 5.56 Å². The molecule has 32 heavy (non-hydrogen) atoms. The molecule has 0 spiro atoms. The quantitative estimate of drug-likeness (QED) is 0.487. The van der Waals surface area contributed by atoms with E-state index in [2.05, 4.69) is 15.3 Å². The molecule has 3 aromatic heterocycles. The van der Waals surface area contributed by atoms with Gasteiger partial charge in [0.1, 0.15) is 11.3 Å². The van der Waals surface area contributed by atoms with Crippen LogP contribution in [0.3, 0.4) is 0 Å². The standard InChI is InChI=1S/C22H23ClN6O3/c1-3-16(30)28-8-6-13(7-9-28)29-19(17-18(27-29)22(31)26-25-21(17)24)20-11(2)14-10-12(23)4-5-15(14)32-20/h4-5,10,13H,3,6-9H2,1-2H3,(H2,24,25)(H,26,31). The summed E-state index contributed by atoms with van der Waals surface area (Å²) >= 11 is 6.20. The third-order valence-corrected chi connectivity index (χ3v) is 6.47. The molecule has 1 fully saturated rings. The number of amides is 1. The molecule has 1 aromatic carbocycles. The van der Waals surface area contributed by atoms with Crippen LogP contribution in [0.4, 0.5) is 5.82 Å². The first-order chi connectivity index (χ1) is 15.4. The highest BCUT2D eigenvalue weighted by molar-refractivity contribution is 6.31. The lowest BCUT2D eigenvalue weighted by molar-refractivity contribution is -0.132. The molecule has 9 nitrogen and oxygen atoms in total. The maximum atomic E-state index is 12.5. The van der Waals surface area contributed by atoms with Crippen molar-refractivity contribution < 1.29 is 9.21 Å². The summed E-state index contributed by atoms with van der Waals surface area (Å²) in [5.74, 6) is 0.900. The van der Waals surface area contributed by atoms with Crippen LogP contribution in [-0.2, 0) is 4.79 Å². The van der Waals surface area contributed by atoms with Crippen molar-refractivity contribution in [3.63, 3.8) is 0 Å². The van der Waals surface area contributed by atoms with Gasteiger partial charge in [-0.1, -0.05) is 18.5 Å². The summed E-state index contributed by atoms with van der Waals surface area (Å²) in [7, 11) is 0. The normalized spacial score (nSPS) is 15.2. The number of nitrogens with one attached hydrogen (secondary N) is 1. The lowest BCUT2D eigenvalue weighted by atomic mass is 10.0. The number of hydrogen-bond acceptors (Lipinski definition) is 6. The number of nitrogen functional groups attached to an aromatic ring is 1. The van der Waals surface area contributed by atoms with E-state index in [1.54, 1.807) is 6.07 Å². The number of carbonyl (C=O) groups is 1. The van der Waals surface area contributed by atoms with Crippen LogP contribution in [0.25, 0.3) is 33.3 Å². The van der Waals surface area contributed by atoms with Crippen molar-refractivity contribution >= 4 is 45.2 Å². The van der Waals surface area contributed by atoms with Gasteiger partial charge in [-0.15, -0.1) is 0 Å². The van der Waals surface area contributed by atoms with Gasteiger partial charge in [-0.05, 0) is 38.0 Å². The number of aromatic amines is 1. The van der Waals surface area contributed by atoms with Crippen LogP contribution < -0.4 is 11.3 Å². The topological polar surface area (TPSA) is 123 Å². The monoisotopic (exact) mass is 454 g/mol. The maximum absolute atomic E-state index is 12.5. The first kappa shape index (κ1) is 20.6. The third-order valence-electron chi connectivity index (χ3n) is 6.24. The Hall–Kier alpha value is -3.33. The molecule has 4 heterocycles. The van der Waals surface area contributed by atoms with Crippen molar-refractivity contribution in [1.82, 2.24) is 24.9 Å². The van der Waals surface area contributed by atoms with Crippen LogP contribution >= 0.6 is 11.6 Å². The molecule has 1 saturated heterocycles. The molecule has 1 amide bonds. The van der Waals surface area contributed by atoms with Gasteiger partial charge in [0.05, 0.1) is 11.4 Å². The van der Waals surface area contributed by atoms with Gasteiger partial charge in [0.25, 0.3) is 5.56 Å².